The first-order chi connectivity index (χ1) is 13.1. The number of halogens is 2. The van der Waals surface area contributed by atoms with E-state index < -0.39 is 11.7 Å². The van der Waals surface area contributed by atoms with Gasteiger partial charge in [0, 0.05) is 11.8 Å². The van der Waals surface area contributed by atoms with Crippen LogP contribution in [0, 0.1) is 6.92 Å². The molecule has 2 heterocycles. The van der Waals surface area contributed by atoms with Crippen LogP contribution in [-0.4, -0.2) is 38.1 Å². The van der Waals surface area contributed by atoms with Gasteiger partial charge in [0.15, 0.2) is 5.43 Å². The quantitative estimate of drug-likeness (QED) is 0.656. The molecular weight excluding hydrogens is 403 g/mol. The van der Waals surface area contributed by atoms with Crippen molar-refractivity contribution in [3.05, 3.63) is 62.5 Å². The summed E-state index contributed by atoms with van der Waals surface area (Å²) in [6, 6.07) is 8.64. The zero-order valence-corrected chi connectivity index (χ0v) is 17.1. The maximum atomic E-state index is 12.7. The van der Waals surface area contributed by atoms with Gasteiger partial charge in [-0.15, -0.1) is 0 Å². The van der Waals surface area contributed by atoms with Crippen LogP contribution in [0.25, 0.3) is 16.6 Å². The van der Waals surface area contributed by atoms with Crippen molar-refractivity contribution < 1.29 is 14.9 Å². The van der Waals surface area contributed by atoms with Gasteiger partial charge in [-0.25, -0.2) is 4.98 Å². The van der Waals surface area contributed by atoms with Crippen LogP contribution >= 0.6 is 23.2 Å². The zero-order chi connectivity index (χ0) is 20.6. The van der Waals surface area contributed by atoms with E-state index in [1.54, 1.807) is 17.6 Å². The van der Waals surface area contributed by atoms with Crippen LogP contribution in [0.3, 0.4) is 0 Å². The van der Waals surface area contributed by atoms with E-state index in [0.29, 0.717) is 21.9 Å². The molecule has 1 aromatic carbocycles. The Hall–Kier alpha value is -2.12. The minimum atomic E-state index is -1.36. The molecule has 3 rings (SSSR count). The molecule has 148 valence electrons. The predicted octanol–water partition coefficient (Wildman–Crippen LogP) is 3.51. The Balaban J connectivity index is 2.23. The van der Waals surface area contributed by atoms with Crippen molar-refractivity contribution in [3.63, 3.8) is 0 Å². The molecule has 2 aromatic heterocycles. The molecule has 0 amide bonds. The van der Waals surface area contributed by atoms with Gasteiger partial charge in [0.1, 0.15) is 18.1 Å². The smallest absolute Gasteiger partial charge is 0.227 e. The number of nitrogens with zero attached hydrogens (tertiary/aromatic N) is 2. The Kier molecular flexibility index (Phi) is 5.68. The van der Waals surface area contributed by atoms with E-state index in [1.807, 2.05) is 18.2 Å². The molecule has 0 spiro atoms. The standard InChI is InChI=1S/C20H20Cl2N2O4/c1-11-8-15(25)17-18(24(11)14-7-5-4-6-12(14)21)13(22)9-23-19(17)28-10-16(26)20(2,3)27/h4-9,16,26-27H,10H2,1-3H3. The molecule has 0 saturated heterocycles. The molecular formula is C20H20Cl2N2O4. The Bertz CT molecular complexity index is 1090. The van der Waals surface area contributed by atoms with E-state index in [2.05, 4.69) is 4.98 Å². The molecule has 2 N–H and O–H groups in total. The molecule has 0 radical (unpaired) electrons. The minimum Gasteiger partial charge on any atom is -0.474 e. The lowest BCUT2D eigenvalue weighted by molar-refractivity contribution is -0.0665. The SMILES string of the molecule is Cc1cc(=O)c2c(OCC(O)C(C)(C)O)ncc(Cl)c2n1-c1ccccc1Cl. The van der Waals surface area contributed by atoms with Gasteiger partial charge in [0.25, 0.3) is 0 Å². The van der Waals surface area contributed by atoms with Crippen LogP contribution in [-0.2, 0) is 0 Å². The second kappa shape index (κ2) is 7.72. The summed E-state index contributed by atoms with van der Waals surface area (Å²) in [5.41, 5.74) is 0.0147. The Morgan fingerprint density at radius 3 is 2.57 bits per heavy atom. The highest BCUT2D eigenvalue weighted by atomic mass is 35.5. The molecule has 0 fully saturated rings. The van der Waals surface area contributed by atoms with E-state index >= 15 is 0 Å². The number of hydrogen-bond donors (Lipinski definition) is 2. The van der Waals surface area contributed by atoms with Gasteiger partial charge in [0.2, 0.25) is 5.88 Å². The number of fused-ring (bicyclic) bond motifs is 1. The van der Waals surface area contributed by atoms with E-state index in [4.69, 9.17) is 27.9 Å². The molecule has 0 bridgehead atoms. The Morgan fingerprint density at radius 1 is 1.25 bits per heavy atom. The van der Waals surface area contributed by atoms with Gasteiger partial charge in [-0.1, -0.05) is 35.3 Å². The molecule has 28 heavy (non-hydrogen) atoms. The third-order valence-corrected chi connectivity index (χ3v) is 5.02. The van der Waals surface area contributed by atoms with Crippen LogP contribution in [0.1, 0.15) is 19.5 Å². The maximum absolute atomic E-state index is 12.7. The second-order valence-electron chi connectivity index (χ2n) is 7.05. The van der Waals surface area contributed by atoms with Crippen molar-refractivity contribution in [2.24, 2.45) is 0 Å². The number of aliphatic hydroxyl groups is 2. The summed E-state index contributed by atoms with van der Waals surface area (Å²) >= 11 is 12.8. The number of aromatic nitrogens is 2. The highest BCUT2D eigenvalue weighted by molar-refractivity contribution is 6.35. The zero-order valence-electron chi connectivity index (χ0n) is 15.6. The van der Waals surface area contributed by atoms with Crippen molar-refractivity contribution in [3.8, 4) is 11.6 Å². The molecule has 0 aliphatic heterocycles. The van der Waals surface area contributed by atoms with Gasteiger partial charge in [-0.3, -0.25) is 4.79 Å². The normalized spacial score (nSPS) is 13.0. The third kappa shape index (κ3) is 3.86. The van der Waals surface area contributed by atoms with Crippen molar-refractivity contribution in [2.45, 2.75) is 32.5 Å². The lowest BCUT2D eigenvalue weighted by Gasteiger charge is -2.24. The van der Waals surface area contributed by atoms with Crippen molar-refractivity contribution in [2.75, 3.05) is 6.61 Å². The molecule has 3 aromatic rings. The highest BCUT2D eigenvalue weighted by Crippen LogP contribution is 2.32. The molecule has 0 aliphatic rings. The minimum absolute atomic E-state index is 0.0218. The average molecular weight is 423 g/mol. The van der Waals surface area contributed by atoms with Crippen molar-refractivity contribution in [1.29, 1.82) is 0 Å². The van der Waals surface area contributed by atoms with Crippen LogP contribution in [0.4, 0.5) is 0 Å². The van der Waals surface area contributed by atoms with Crippen LogP contribution in [0.5, 0.6) is 5.88 Å². The topological polar surface area (TPSA) is 84.6 Å². The van der Waals surface area contributed by atoms with Gasteiger partial charge in [-0.05, 0) is 32.9 Å². The van der Waals surface area contributed by atoms with Gasteiger partial charge in [0.05, 0.1) is 33.0 Å². The number of pyridine rings is 2. The lowest BCUT2D eigenvalue weighted by Crippen LogP contribution is -2.40. The fourth-order valence-corrected chi connectivity index (χ4v) is 3.27. The molecule has 1 atom stereocenters. The summed E-state index contributed by atoms with van der Waals surface area (Å²) < 4.78 is 7.34. The highest BCUT2D eigenvalue weighted by Gasteiger charge is 2.26. The summed E-state index contributed by atoms with van der Waals surface area (Å²) in [6.45, 7) is 4.45. The Morgan fingerprint density at radius 2 is 1.93 bits per heavy atom. The first kappa shape index (κ1) is 20.6. The van der Waals surface area contributed by atoms with E-state index in [9.17, 15) is 15.0 Å². The van der Waals surface area contributed by atoms with Crippen LogP contribution in [0.15, 0.2) is 41.3 Å². The van der Waals surface area contributed by atoms with E-state index in [0.717, 1.165) is 0 Å². The summed E-state index contributed by atoms with van der Waals surface area (Å²) in [5.74, 6) is 0.0218. The molecule has 1 unspecified atom stereocenters. The number of aryl methyl sites for hydroxylation is 1. The predicted molar refractivity (Wildman–Crippen MR) is 110 cm³/mol. The molecule has 0 aliphatic carbocycles. The average Bonchev–Trinajstić information content (AvgIpc) is 2.61. The summed E-state index contributed by atoms with van der Waals surface area (Å²) in [6.07, 6.45) is 0.207. The monoisotopic (exact) mass is 422 g/mol. The first-order valence-corrected chi connectivity index (χ1v) is 9.36. The summed E-state index contributed by atoms with van der Waals surface area (Å²) in [7, 11) is 0. The molecule has 6 nitrogen and oxygen atoms in total. The van der Waals surface area contributed by atoms with E-state index in [-0.39, 0.29) is 28.3 Å². The van der Waals surface area contributed by atoms with Gasteiger partial charge >= 0.3 is 0 Å². The second-order valence-corrected chi connectivity index (χ2v) is 7.87. The number of hydrogen-bond acceptors (Lipinski definition) is 5. The number of ether oxygens (including phenoxy) is 1. The lowest BCUT2D eigenvalue weighted by atomic mass is 10.0. The molecule has 0 saturated carbocycles. The fourth-order valence-electron chi connectivity index (χ4n) is 2.82. The summed E-state index contributed by atoms with van der Waals surface area (Å²) in [5, 5.41) is 20.8. The van der Waals surface area contributed by atoms with Crippen molar-refractivity contribution in [1.82, 2.24) is 9.55 Å². The van der Waals surface area contributed by atoms with Crippen LogP contribution in [0.2, 0.25) is 10.0 Å². The van der Waals surface area contributed by atoms with Gasteiger partial charge < -0.3 is 19.5 Å². The van der Waals surface area contributed by atoms with Gasteiger partial charge in [-0.2, -0.15) is 0 Å². The number of aliphatic hydroxyl groups excluding tert-OH is 1. The fraction of sp³-hybridized carbons (Fsp3) is 0.300. The molecule has 8 heteroatoms. The maximum Gasteiger partial charge on any atom is 0.227 e. The van der Waals surface area contributed by atoms with Crippen LogP contribution < -0.4 is 10.2 Å². The Labute approximate surface area is 171 Å². The largest absolute Gasteiger partial charge is 0.474 e. The summed E-state index contributed by atoms with van der Waals surface area (Å²) in [4.78, 5) is 16.9. The van der Waals surface area contributed by atoms with Crippen molar-refractivity contribution >= 4 is 34.1 Å². The van der Waals surface area contributed by atoms with E-state index in [1.165, 1.54) is 26.1 Å². The number of rotatable bonds is 5. The number of para-hydroxylation sites is 1. The first-order valence-electron chi connectivity index (χ1n) is 8.60. The number of benzene rings is 1. The third-order valence-electron chi connectivity index (χ3n) is 4.42.